The van der Waals surface area contributed by atoms with Crippen LogP contribution in [0.5, 0.6) is 0 Å². The maximum Gasteiger partial charge on any atom is 0.0667 e. The predicted molar refractivity (Wildman–Crippen MR) is 43.3 cm³/mol. The van der Waals surface area contributed by atoms with E-state index in [0.29, 0.717) is 6.42 Å². The molecule has 0 rings (SSSR count). The predicted octanol–water partition coefficient (Wildman–Crippen LogP) is 1.98. The van der Waals surface area contributed by atoms with Crippen molar-refractivity contribution in [2.24, 2.45) is 11.8 Å². The van der Waals surface area contributed by atoms with Crippen LogP contribution in [0.25, 0.3) is 0 Å². The summed E-state index contributed by atoms with van der Waals surface area (Å²) in [6.07, 6.45) is 1.51. The van der Waals surface area contributed by atoms with E-state index < -0.39 is 0 Å². The van der Waals surface area contributed by atoms with Crippen LogP contribution in [0.4, 0.5) is 0 Å². The van der Waals surface area contributed by atoms with Crippen LogP contribution in [-0.2, 0) is 0 Å². The Labute approximate surface area is 72.8 Å². The Kier molecular flexibility index (Phi) is 5.41. The quantitative estimate of drug-likeness (QED) is 0.632. The van der Waals surface area contributed by atoms with Crippen LogP contribution in [0.1, 0.15) is 26.2 Å². The molecular weight excluding hydrogens is 150 g/mol. The molecule has 0 saturated carbocycles. The summed E-state index contributed by atoms with van der Waals surface area (Å²) in [5, 5.41) is 25.5. The van der Waals surface area contributed by atoms with Crippen molar-refractivity contribution in [1.29, 1.82) is 15.8 Å². The molecule has 0 aromatic rings. The molecule has 0 aliphatic rings. The zero-order chi connectivity index (χ0) is 9.40. The summed E-state index contributed by atoms with van der Waals surface area (Å²) >= 11 is 0. The number of rotatable bonds is 4. The molecule has 0 aromatic heterocycles. The van der Waals surface area contributed by atoms with Crippen molar-refractivity contribution in [1.82, 2.24) is 0 Å². The normalized spacial score (nSPS) is 13.5. The summed E-state index contributed by atoms with van der Waals surface area (Å²) in [5.41, 5.74) is 0. The zero-order valence-corrected chi connectivity index (χ0v) is 7.12. The summed E-state index contributed by atoms with van der Waals surface area (Å²) in [6, 6.07) is 6.08. The lowest BCUT2D eigenvalue weighted by molar-refractivity contribution is 0.493. The number of nitrogens with zero attached hydrogens (tertiary/aromatic N) is 3. The Morgan fingerprint density at radius 3 is 2.00 bits per heavy atom. The molecule has 0 saturated heterocycles. The lowest BCUT2D eigenvalue weighted by atomic mass is 9.93. The van der Waals surface area contributed by atoms with Crippen molar-refractivity contribution in [2.75, 3.05) is 0 Å². The van der Waals surface area contributed by atoms with E-state index in [0.717, 1.165) is 6.42 Å². The third-order valence-corrected chi connectivity index (χ3v) is 1.76. The number of nitriles is 3. The molecule has 0 aliphatic heterocycles. The van der Waals surface area contributed by atoms with Crippen LogP contribution in [0, 0.1) is 45.8 Å². The molecule has 12 heavy (non-hydrogen) atoms. The van der Waals surface area contributed by atoms with Crippen molar-refractivity contribution in [3.8, 4) is 18.2 Å². The molecule has 2 atom stereocenters. The SMILES string of the molecule is CCC(C#N)CC(C#N)CC#N. The minimum Gasteiger partial charge on any atom is -0.198 e. The standard InChI is InChI=1S/C9H11N3/c1-2-8(6-11)5-9(7-12)3-4-10/h8-9H,2-3,5H2,1H3. The fourth-order valence-electron chi connectivity index (χ4n) is 0.946. The molecule has 0 spiro atoms. The van der Waals surface area contributed by atoms with Gasteiger partial charge in [0.25, 0.3) is 0 Å². The summed E-state index contributed by atoms with van der Waals surface area (Å²) in [7, 11) is 0. The number of hydrogen-bond acceptors (Lipinski definition) is 3. The Bertz CT molecular complexity index is 238. The van der Waals surface area contributed by atoms with E-state index in [-0.39, 0.29) is 18.3 Å². The van der Waals surface area contributed by atoms with E-state index in [4.69, 9.17) is 15.8 Å². The Morgan fingerprint density at radius 1 is 1.08 bits per heavy atom. The fourth-order valence-corrected chi connectivity index (χ4v) is 0.946. The van der Waals surface area contributed by atoms with Gasteiger partial charge >= 0.3 is 0 Å². The van der Waals surface area contributed by atoms with Crippen LogP contribution in [-0.4, -0.2) is 0 Å². The van der Waals surface area contributed by atoms with E-state index in [2.05, 4.69) is 6.07 Å². The van der Waals surface area contributed by atoms with Crippen molar-refractivity contribution in [3.63, 3.8) is 0 Å². The smallest absolute Gasteiger partial charge is 0.0667 e. The zero-order valence-electron chi connectivity index (χ0n) is 7.12. The first-order valence-corrected chi connectivity index (χ1v) is 3.94. The first kappa shape index (κ1) is 10.5. The molecule has 0 heterocycles. The molecular formula is C9H11N3. The van der Waals surface area contributed by atoms with Crippen LogP contribution in [0.2, 0.25) is 0 Å². The highest BCUT2D eigenvalue weighted by Gasteiger charge is 2.13. The summed E-state index contributed by atoms with van der Waals surface area (Å²) in [6.45, 7) is 1.91. The second-order valence-electron chi connectivity index (χ2n) is 2.66. The van der Waals surface area contributed by atoms with Gasteiger partial charge in [0.1, 0.15) is 0 Å². The van der Waals surface area contributed by atoms with Gasteiger partial charge < -0.3 is 0 Å². The third kappa shape index (κ3) is 3.59. The van der Waals surface area contributed by atoms with Crippen LogP contribution in [0.3, 0.4) is 0 Å². The van der Waals surface area contributed by atoms with Crippen LogP contribution >= 0.6 is 0 Å². The second-order valence-corrected chi connectivity index (χ2v) is 2.66. The van der Waals surface area contributed by atoms with Crippen LogP contribution < -0.4 is 0 Å². The van der Waals surface area contributed by atoms with Crippen molar-refractivity contribution >= 4 is 0 Å². The first-order valence-electron chi connectivity index (χ1n) is 3.94. The van der Waals surface area contributed by atoms with Gasteiger partial charge in [-0.25, -0.2) is 0 Å². The fraction of sp³-hybridized carbons (Fsp3) is 0.667. The molecule has 0 bridgehead atoms. The highest BCUT2D eigenvalue weighted by molar-refractivity contribution is 4.94. The maximum atomic E-state index is 8.60. The Morgan fingerprint density at radius 2 is 1.67 bits per heavy atom. The minimum atomic E-state index is -0.278. The van der Waals surface area contributed by atoms with Gasteiger partial charge in [-0.1, -0.05) is 6.92 Å². The molecule has 0 amide bonds. The molecule has 0 aliphatic carbocycles. The molecule has 62 valence electrons. The Balaban J connectivity index is 3.97. The largest absolute Gasteiger partial charge is 0.198 e. The van der Waals surface area contributed by atoms with Gasteiger partial charge in [-0.2, -0.15) is 15.8 Å². The summed E-state index contributed by atoms with van der Waals surface area (Å²) < 4.78 is 0. The van der Waals surface area contributed by atoms with Crippen molar-refractivity contribution in [2.45, 2.75) is 26.2 Å². The second kappa shape index (κ2) is 6.20. The van der Waals surface area contributed by atoms with Crippen molar-refractivity contribution < 1.29 is 0 Å². The van der Waals surface area contributed by atoms with Gasteiger partial charge in [-0.3, -0.25) is 0 Å². The van der Waals surface area contributed by atoms with Crippen LogP contribution in [0.15, 0.2) is 0 Å². The van der Waals surface area contributed by atoms with E-state index in [9.17, 15) is 0 Å². The van der Waals surface area contributed by atoms with Gasteiger partial charge in [0.15, 0.2) is 0 Å². The van der Waals surface area contributed by atoms with E-state index in [1.54, 1.807) is 0 Å². The monoisotopic (exact) mass is 161 g/mol. The first-order chi connectivity index (χ1) is 5.78. The molecule has 3 heteroatoms. The lowest BCUT2D eigenvalue weighted by Gasteiger charge is -2.07. The lowest BCUT2D eigenvalue weighted by Crippen LogP contribution is -2.04. The van der Waals surface area contributed by atoms with Gasteiger partial charge in [0.2, 0.25) is 0 Å². The molecule has 0 aromatic carbocycles. The van der Waals surface area contributed by atoms with E-state index in [1.165, 1.54) is 0 Å². The van der Waals surface area contributed by atoms with Crippen molar-refractivity contribution in [3.05, 3.63) is 0 Å². The van der Waals surface area contributed by atoms with Gasteiger partial charge in [0, 0.05) is 5.92 Å². The Hall–Kier alpha value is -1.53. The molecule has 0 radical (unpaired) electrons. The summed E-state index contributed by atoms with van der Waals surface area (Å²) in [5.74, 6) is -0.359. The van der Waals surface area contributed by atoms with E-state index >= 15 is 0 Å². The average Bonchev–Trinajstić information content (AvgIpc) is 2.12. The molecule has 0 fully saturated rings. The molecule has 0 N–H and O–H groups in total. The minimum absolute atomic E-state index is 0.0806. The van der Waals surface area contributed by atoms with Gasteiger partial charge in [0.05, 0.1) is 30.5 Å². The van der Waals surface area contributed by atoms with E-state index in [1.807, 2.05) is 19.1 Å². The topological polar surface area (TPSA) is 71.4 Å². The van der Waals surface area contributed by atoms with Gasteiger partial charge in [-0.15, -0.1) is 0 Å². The maximum absolute atomic E-state index is 8.60. The summed E-state index contributed by atoms with van der Waals surface area (Å²) in [4.78, 5) is 0. The van der Waals surface area contributed by atoms with Gasteiger partial charge in [-0.05, 0) is 12.8 Å². The highest BCUT2D eigenvalue weighted by atomic mass is 14.3. The molecule has 3 nitrogen and oxygen atoms in total. The molecule has 2 unspecified atom stereocenters. The third-order valence-electron chi connectivity index (χ3n) is 1.76. The highest BCUT2D eigenvalue weighted by Crippen LogP contribution is 2.16. The number of hydrogen-bond donors (Lipinski definition) is 0. The average molecular weight is 161 g/mol.